The number of rotatable bonds is 9. The van der Waals surface area contributed by atoms with E-state index in [-0.39, 0.29) is 34.5 Å². The van der Waals surface area contributed by atoms with E-state index in [4.69, 9.17) is 4.98 Å². The highest BCUT2D eigenvalue weighted by Crippen LogP contribution is 2.32. The second-order valence-electron chi connectivity index (χ2n) is 7.78. The Hall–Kier alpha value is -2.00. The summed E-state index contributed by atoms with van der Waals surface area (Å²) in [6.07, 6.45) is 0. The highest BCUT2D eigenvalue weighted by Gasteiger charge is 2.27. The fourth-order valence-corrected chi connectivity index (χ4v) is 5.72. The SMILES string of the molecule is CCN(CC)CCN(C(=O)c1ccccc1S(=O)(=O)CC)c1nc2cc(C)c(C)cc2s1.Cl. The van der Waals surface area contributed by atoms with Crippen molar-refractivity contribution in [1.29, 1.82) is 0 Å². The van der Waals surface area contributed by atoms with Crippen LogP contribution in [0.5, 0.6) is 0 Å². The van der Waals surface area contributed by atoms with Crippen molar-refractivity contribution < 1.29 is 13.2 Å². The average Bonchev–Trinajstić information content (AvgIpc) is 3.18. The lowest BCUT2D eigenvalue weighted by molar-refractivity contribution is 0.0980. The van der Waals surface area contributed by atoms with Crippen LogP contribution in [0.3, 0.4) is 0 Å². The molecule has 0 saturated carbocycles. The van der Waals surface area contributed by atoms with Gasteiger partial charge in [-0.1, -0.05) is 44.2 Å². The predicted molar refractivity (Wildman–Crippen MR) is 140 cm³/mol. The summed E-state index contributed by atoms with van der Waals surface area (Å²) in [5.74, 6) is -0.395. The number of halogens is 1. The molecule has 3 rings (SSSR count). The van der Waals surface area contributed by atoms with E-state index in [9.17, 15) is 13.2 Å². The molecule has 0 N–H and O–H groups in total. The number of likely N-dealkylation sites (N-methyl/N-ethyl adjacent to an activating group) is 1. The van der Waals surface area contributed by atoms with Crippen LogP contribution in [0.15, 0.2) is 41.3 Å². The molecule has 1 amide bonds. The van der Waals surface area contributed by atoms with Crippen molar-refractivity contribution in [3.05, 3.63) is 53.1 Å². The number of sulfone groups is 1. The molecular weight excluding hydrogens is 478 g/mol. The van der Waals surface area contributed by atoms with Crippen LogP contribution in [0, 0.1) is 13.8 Å². The first-order valence-corrected chi connectivity index (χ1v) is 13.4. The van der Waals surface area contributed by atoms with E-state index >= 15 is 0 Å². The maximum Gasteiger partial charge on any atom is 0.261 e. The zero-order chi connectivity index (χ0) is 23.5. The number of nitrogens with zero attached hydrogens (tertiary/aromatic N) is 3. The van der Waals surface area contributed by atoms with E-state index < -0.39 is 9.84 Å². The molecule has 1 aromatic heterocycles. The van der Waals surface area contributed by atoms with Gasteiger partial charge in [-0.05, 0) is 62.3 Å². The van der Waals surface area contributed by atoms with Gasteiger partial charge in [0.2, 0.25) is 0 Å². The van der Waals surface area contributed by atoms with Crippen molar-refractivity contribution in [2.75, 3.05) is 36.8 Å². The first-order chi connectivity index (χ1) is 15.2. The Balaban J connectivity index is 0.00000385. The van der Waals surface area contributed by atoms with Gasteiger partial charge in [-0.25, -0.2) is 13.4 Å². The summed E-state index contributed by atoms with van der Waals surface area (Å²) in [6, 6.07) is 10.6. The lowest BCUT2D eigenvalue weighted by atomic mass is 10.1. The Bertz CT molecular complexity index is 1180. The molecule has 2 aromatic carbocycles. The molecule has 0 fully saturated rings. The number of aryl methyl sites for hydroxylation is 2. The van der Waals surface area contributed by atoms with Gasteiger partial charge in [-0.15, -0.1) is 12.4 Å². The molecule has 0 bridgehead atoms. The minimum atomic E-state index is -3.54. The van der Waals surface area contributed by atoms with Crippen molar-refractivity contribution in [2.24, 2.45) is 0 Å². The number of carbonyl (C=O) groups excluding carboxylic acids is 1. The number of amides is 1. The highest BCUT2D eigenvalue weighted by atomic mass is 35.5. The Kier molecular flexibility index (Phi) is 9.43. The van der Waals surface area contributed by atoms with Gasteiger partial charge in [0.05, 0.1) is 26.4 Å². The van der Waals surface area contributed by atoms with Gasteiger partial charge < -0.3 is 4.90 Å². The molecule has 9 heteroatoms. The van der Waals surface area contributed by atoms with Gasteiger partial charge in [-0.2, -0.15) is 0 Å². The van der Waals surface area contributed by atoms with E-state index in [1.807, 2.05) is 13.0 Å². The first-order valence-electron chi connectivity index (χ1n) is 11.0. The van der Waals surface area contributed by atoms with Gasteiger partial charge in [0, 0.05) is 13.1 Å². The monoisotopic (exact) mass is 509 g/mol. The Morgan fingerprint density at radius 1 is 1.00 bits per heavy atom. The molecule has 6 nitrogen and oxygen atoms in total. The van der Waals surface area contributed by atoms with E-state index in [0.717, 1.165) is 28.9 Å². The molecule has 3 aromatic rings. The number of fused-ring (bicyclic) bond motifs is 1. The van der Waals surface area contributed by atoms with Crippen molar-refractivity contribution in [3.8, 4) is 0 Å². The second-order valence-corrected chi connectivity index (χ2v) is 11.0. The van der Waals surface area contributed by atoms with Crippen LogP contribution in [-0.4, -0.2) is 56.1 Å². The third-order valence-electron chi connectivity index (χ3n) is 5.84. The fraction of sp³-hybridized carbons (Fsp3) is 0.417. The molecule has 33 heavy (non-hydrogen) atoms. The van der Waals surface area contributed by atoms with Crippen LogP contribution in [-0.2, 0) is 9.84 Å². The van der Waals surface area contributed by atoms with Crippen LogP contribution in [0.25, 0.3) is 10.2 Å². The van der Waals surface area contributed by atoms with Gasteiger partial charge in [0.15, 0.2) is 15.0 Å². The minimum absolute atomic E-state index is 0. The van der Waals surface area contributed by atoms with Gasteiger partial charge >= 0.3 is 0 Å². The Morgan fingerprint density at radius 2 is 1.64 bits per heavy atom. The molecule has 0 saturated heterocycles. The number of benzene rings is 2. The normalized spacial score (nSPS) is 11.6. The van der Waals surface area contributed by atoms with E-state index in [1.54, 1.807) is 30.0 Å². The molecule has 0 aliphatic heterocycles. The van der Waals surface area contributed by atoms with Crippen molar-refractivity contribution in [3.63, 3.8) is 0 Å². The maximum absolute atomic E-state index is 13.7. The summed E-state index contributed by atoms with van der Waals surface area (Å²) in [5, 5.41) is 0.589. The molecule has 0 unspecified atom stereocenters. The molecule has 180 valence electrons. The largest absolute Gasteiger partial charge is 0.302 e. The molecule has 0 spiro atoms. The van der Waals surface area contributed by atoms with E-state index in [2.05, 4.69) is 31.7 Å². The van der Waals surface area contributed by atoms with Gasteiger partial charge in [0.25, 0.3) is 5.91 Å². The van der Waals surface area contributed by atoms with Gasteiger partial charge in [-0.3, -0.25) is 9.69 Å². The zero-order valence-corrected chi connectivity index (χ0v) is 22.2. The lowest BCUT2D eigenvalue weighted by Crippen LogP contribution is -2.39. The molecular formula is C24H32ClN3O3S2. The van der Waals surface area contributed by atoms with E-state index in [1.165, 1.54) is 23.0 Å². The van der Waals surface area contributed by atoms with Crippen LogP contribution in [0.1, 0.15) is 42.3 Å². The quantitative estimate of drug-likeness (QED) is 0.400. The molecule has 0 aliphatic rings. The molecule has 1 heterocycles. The minimum Gasteiger partial charge on any atom is -0.302 e. The molecule has 0 atom stereocenters. The number of thiazole rings is 1. The number of hydrogen-bond donors (Lipinski definition) is 0. The summed E-state index contributed by atoms with van der Waals surface area (Å²) < 4.78 is 26.3. The third kappa shape index (κ3) is 5.93. The zero-order valence-electron chi connectivity index (χ0n) is 19.8. The first kappa shape index (κ1) is 27.2. The van der Waals surface area contributed by atoms with Crippen molar-refractivity contribution >= 4 is 54.8 Å². The molecule has 0 aliphatic carbocycles. The topological polar surface area (TPSA) is 70.6 Å². The average molecular weight is 510 g/mol. The summed E-state index contributed by atoms with van der Waals surface area (Å²) >= 11 is 1.46. The number of hydrogen-bond acceptors (Lipinski definition) is 6. The number of aromatic nitrogens is 1. The Labute approximate surface area is 207 Å². The standard InChI is InChI=1S/C24H31N3O3S2.ClH/c1-6-26(7-2)13-14-27(24-25-20-15-17(4)18(5)16-21(20)31-24)23(28)19-11-9-10-12-22(19)32(29,30)8-3;/h9-12,15-16H,6-8,13-14H2,1-5H3;1H. The van der Waals surface area contributed by atoms with Crippen LogP contribution >= 0.6 is 23.7 Å². The third-order valence-corrected chi connectivity index (χ3v) is 8.66. The lowest BCUT2D eigenvalue weighted by Gasteiger charge is -2.25. The Morgan fingerprint density at radius 3 is 2.27 bits per heavy atom. The van der Waals surface area contributed by atoms with Crippen molar-refractivity contribution in [1.82, 2.24) is 9.88 Å². The second kappa shape index (κ2) is 11.4. The van der Waals surface area contributed by atoms with Crippen LogP contribution in [0.4, 0.5) is 5.13 Å². The van der Waals surface area contributed by atoms with Crippen molar-refractivity contribution in [2.45, 2.75) is 39.5 Å². The summed E-state index contributed by atoms with van der Waals surface area (Å²) in [6.45, 7) is 12.7. The molecule has 0 radical (unpaired) electrons. The number of carbonyl (C=O) groups is 1. The van der Waals surface area contributed by atoms with Gasteiger partial charge in [0.1, 0.15) is 0 Å². The van der Waals surface area contributed by atoms with Crippen LogP contribution in [0.2, 0.25) is 0 Å². The fourth-order valence-electron chi connectivity index (χ4n) is 3.56. The maximum atomic E-state index is 13.7. The summed E-state index contributed by atoms with van der Waals surface area (Å²) in [5.41, 5.74) is 3.37. The summed E-state index contributed by atoms with van der Waals surface area (Å²) in [7, 11) is -3.54. The van der Waals surface area contributed by atoms with Crippen LogP contribution < -0.4 is 4.90 Å². The predicted octanol–water partition coefficient (Wildman–Crippen LogP) is 5.12. The highest BCUT2D eigenvalue weighted by molar-refractivity contribution is 7.91. The number of anilines is 1. The summed E-state index contributed by atoms with van der Waals surface area (Å²) in [4.78, 5) is 22.4. The smallest absolute Gasteiger partial charge is 0.261 e. The van der Waals surface area contributed by atoms with E-state index in [0.29, 0.717) is 18.2 Å².